The topological polar surface area (TPSA) is 137 Å². The number of nitrogen functional groups attached to an aromatic ring is 2. The summed E-state index contributed by atoms with van der Waals surface area (Å²) in [5.74, 6) is 2.13. The van der Waals surface area contributed by atoms with Gasteiger partial charge in [-0.05, 0) is 36.4 Å². The van der Waals surface area contributed by atoms with Crippen LogP contribution in [0.2, 0.25) is 0 Å². The largest absolute Gasteiger partial charge is 0.493 e. The molecule has 8 heteroatoms. The van der Waals surface area contributed by atoms with Gasteiger partial charge in [-0.1, -0.05) is 0 Å². The summed E-state index contributed by atoms with van der Waals surface area (Å²) in [6.45, 7) is 0.841. The van der Waals surface area contributed by atoms with Gasteiger partial charge in [-0.15, -0.1) is 0 Å². The number of hydrogen-bond acceptors (Lipinski definition) is 6. The normalized spacial score (nSPS) is 10.1. The third-order valence-electron chi connectivity index (χ3n) is 3.75. The van der Waals surface area contributed by atoms with Gasteiger partial charge in [0.1, 0.15) is 11.7 Å². The Morgan fingerprint density at radius 2 is 1.15 bits per heavy atom. The molecule has 0 aliphatic rings. The van der Waals surface area contributed by atoms with Crippen LogP contribution in [-0.2, 0) is 0 Å². The molecule has 2 aromatic rings. The molecular formula is C19H24N4O4. The van der Waals surface area contributed by atoms with E-state index in [9.17, 15) is 0 Å². The summed E-state index contributed by atoms with van der Waals surface area (Å²) >= 11 is 0. The monoisotopic (exact) mass is 372 g/mol. The van der Waals surface area contributed by atoms with E-state index in [1.165, 1.54) is 14.2 Å². The third kappa shape index (κ3) is 5.27. The minimum Gasteiger partial charge on any atom is -0.493 e. The Bertz CT molecular complexity index is 756. The van der Waals surface area contributed by atoms with E-state index in [0.29, 0.717) is 53.8 Å². The van der Waals surface area contributed by atoms with Crippen molar-refractivity contribution in [2.45, 2.75) is 6.42 Å². The van der Waals surface area contributed by atoms with E-state index >= 15 is 0 Å². The zero-order valence-corrected chi connectivity index (χ0v) is 15.4. The van der Waals surface area contributed by atoms with Gasteiger partial charge in [0, 0.05) is 17.5 Å². The average Bonchev–Trinajstić information content (AvgIpc) is 2.67. The zero-order valence-electron chi connectivity index (χ0n) is 15.4. The lowest BCUT2D eigenvalue weighted by molar-refractivity contribution is 0.234. The maximum absolute atomic E-state index is 7.46. The van der Waals surface area contributed by atoms with E-state index in [2.05, 4.69) is 0 Å². The van der Waals surface area contributed by atoms with Crippen LogP contribution < -0.4 is 30.4 Å². The summed E-state index contributed by atoms with van der Waals surface area (Å²) in [7, 11) is 3.07. The summed E-state index contributed by atoms with van der Waals surface area (Å²) in [6.07, 6.45) is 0.634. The second-order valence-electron chi connectivity index (χ2n) is 5.61. The Morgan fingerprint density at radius 3 is 1.48 bits per heavy atom. The SMILES string of the molecule is COc1cc(C(=N)N)ccc1OCCCOc1ccc(C(=N)N)cc1OC. The van der Waals surface area contributed by atoms with Gasteiger partial charge >= 0.3 is 0 Å². The molecule has 0 heterocycles. The van der Waals surface area contributed by atoms with Crippen molar-refractivity contribution in [3.63, 3.8) is 0 Å². The van der Waals surface area contributed by atoms with Gasteiger partial charge in [-0.2, -0.15) is 0 Å². The van der Waals surface area contributed by atoms with Crippen LogP contribution in [0.4, 0.5) is 0 Å². The minimum atomic E-state index is -0.0296. The molecule has 0 saturated heterocycles. The number of methoxy groups -OCH3 is 2. The summed E-state index contributed by atoms with van der Waals surface area (Å²) in [4.78, 5) is 0. The lowest BCUT2D eigenvalue weighted by Gasteiger charge is -2.13. The van der Waals surface area contributed by atoms with Crippen molar-refractivity contribution in [2.24, 2.45) is 11.5 Å². The first-order valence-electron chi connectivity index (χ1n) is 8.26. The van der Waals surface area contributed by atoms with Gasteiger partial charge in [0.05, 0.1) is 27.4 Å². The van der Waals surface area contributed by atoms with Crippen LogP contribution in [-0.4, -0.2) is 39.1 Å². The molecule has 0 amide bonds. The molecule has 2 aromatic carbocycles. The van der Waals surface area contributed by atoms with Crippen LogP contribution >= 0.6 is 0 Å². The molecule has 0 fully saturated rings. The van der Waals surface area contributed by atoms with Crippen LogP contribution in [0.5, 0.6) is 23.0 Å². The zero-order chi connectivity index (χ0) is 19.8. The standard InChI is InChI=1S/C19H24N4O4/c1-24-16-10-12(18(20)21)4-6-14(16)26-8-3-9-27-15-7-5-13(19(22)23)11-17(15)25-2/h4-7,10-11H,3,8-9H2,1-2H3,(H3,20,21)(H3,22,23). The number of nitrogens with two attached hydrogens (primary N) is 2. The van der Waals surface area contributed by atoms with Crippen molar-refractivity contribution in [3.8, 4) is 23.0 Å². The summed E-state index contributed by atoms with van der Waals surface area (Å²) in [5, 5.41) is 14.9. The maximum atomic E-state index is 7.46. The number of benzene rings is 2. The molecule has 0 aromatic heterocycles. The fraction of sp³-hybridized carbons (Fsp3) is 0.263. The molecule has 2 rings (SSSR count). The summed E-state index contributed by atoms with van der Waals surface area (Å²) in [6, 6.07) is 10.2. The van der Waals surface area contributed by atoms with Crippen molar-refractivity contribution in [1.29, 1.82) is 10.8 Å². The van der Waals surface area contributed by atoms with Crippen molar-refractivity contribution in [2.75, 3.05) is 27.4 Å². The first-order valence-corrected chi connectivity index (χ1v) is 8.26. The van der Waals surface area contributed by atoms with E-state index in [0.717, 1.165) is 0 Å². The van der Waals surface area contributed by atoms with Crippen LogP contribution in [0, 0.1) is 10.8 Å². The van der Waals surface area contributed by atoms with E-state index in [1.807, 2.05) is 0 Å². The van der Waals surface area contributed by atoms with Gasteiger partial charge < -0.3 is 30.4 Å². The number of ether oxygens (including phenoxy) is 4. The second-order valence-corrected chi connectivity index (χ2v) is 5.61. The molecule has 0 bridgehead atoms. The Morgan fingerprint density at radius 1 is 0.741 bits per heavy atom. The summed E-state index contributed by atoms with van der Waals surface area (Å²) in [5.41, 5.74) is 12.1. The lowest BCUT2D eigenvalue weighted by atomic mass is 10.2. The number of rotatable bonds is 10. The second kappa shape index (κ2) is 9.33. The smallest absolute Gasteiger partial charge is 0.161 e. The highest BCUT2D eigenvalue weighted by Gasteiger charge is 2.09. The predicted molar refractivity (Wildman–Crippen MR) is 104 cm³/mol. The minimum absolute atomic E-state index is 0.0296. The highest BCUT2D eigenvalue weighted by molar-refractivity contribution is 5.96. The molecular weight excluding hydrogens is 348 g/mol. The average molecular weight is 372 g/mol. The van der Waals surface area contributed by atoms with E-state index in [4.69, 9.17) is 41.2 Å². The molecule has 0 spiro atoms. The van der Waals surface area contributed by atoms with Gasteiger partial charge in [-0.3, -0.25) is 10.8 Å². The number of nitrogens with one attached hydrogen (secondary N) is 2. The molecule has 6 N–H and O–H groups in total. The quantitative estimate of drug-likeness (QED) is 0.286. The third-order valence-corrected chi connectivity index (χ3v) is 3.75. The van der Waals surface area contributed by atoms with Crippen molar-refractivity contribution in [1.82, 2.24) is 0 Å². The molecule has 0 saturated carbocycles. The molecule has 0 unspecified atom stereocenters. The lowest BCUT2D eigenvalue weighted by Crippen LogP contribution is -2.12. The molecule has 8 nitrogen and oxygen atoms in total. The maximum Gasteiger partial charge on any atom is 0.161 e. The number of amidine groups is 2. The molecule has 0 aliphatic heterocycles. The van der Waals surface area contributed by atoms with Gasteiger partial charge in [-0.25, -0.2) is 0 Å². The van der Waals surface area contributed by atoms with Crippen LogP contribution in [0.15, 0.2) is 36.4 Å². The van der Waals surface area contributed by atoms with Gasteiger partial charge in [0.15, 0.2) is 23.0 Å². The van der Waals surface area contributed by atoms with Crippen molar-refractivity contribution in [3.05, 3.63) is 47.5 Å². The van der Waals surface area contributed by atoms with E-state index in [-0.39, 0.29) is 11.7 Å². The van der Waals surface area contributed by atoms with Crippen molar-refractivity contribution >= 4 is 11.7 Å². The first-order chi connectivity index (χ1) is 13.0. The Labute approximate surface area is 158 Å². The van der Waals surface area contributed by atoms with Crippen LogP contribution in [0.25, 0.3) is 0 Å². The van der Waals surface area contributed by atoms with E-state index in [1.54, 1.807) is 36.4 Å². The molecule has 27 heavy (non-hydrogen) atoms. The molecule has 0 radical (unpaired) electrons. The molecule has 0 aliphatic carbocycles. The fourth-order valence-corrected chi connectivity index (χ4v) is 2.33. The Balaban J connectivity index is 1.87. The predicted octanol–water partition coefficient (Wildman–Crippen LogP) is 2.12. The van der Waals surface area contributed by atoms with Gasteiger partial charge in [0.25, 0.3) is 0 Å². The molecule has 144 valence electrons. The molecule has 0 atom stereocenters. The highest BCUT2D eigenvalue weighted by atomic mass is 16.5. The van der Waals surface area contributed by atoms with Crippen molar-refractivity contribution < 1.29 is 18.9 Å². The van der Waals surface area contributed by atoms with E-state index < -0.39 is 0 Å². The Kier molecular flexibility index (Phi) is 6.87. The highest BCUT2D eigenvalue weighted by Crippen LogP contribution is 2.29. The van der Waals surface area contributed by atoms with Crippen LogP contribution in [0.3, 0.4) is 0 Å². The van der Waals surface area contributed by atoms with Crippen LogP contribution in [0.1, 0.15) is 17.5 Å². The summed E-state index contributed by atoms with van der Waals surface area (Å²) < 4.78 is 22.0. The fourth-order valence-electron chi connectivity index (χ4n) is 2.33. The number of hydrogen-bond donors (Lipinski definition) is 4. The van der Waals surface area contributed by atoms with Gasteiger partial charge in [0.2, 0.25) is 0 Å². The Hall–Kier alpha value is -3.42. The first kappa shape index (κ1) is 19.9.